The average molecular weight is 472 g/mol. The van der Waals surface area contributed by atoms with Gasteiger partial charge in [-0.1, -0.05) is 36.4 Å². The second kappa shape index (κ2) is 8.51. The summed E-state index contributed by atoms with van der Waals surface area (Å²) in [6.45, 7) is 1.80. The van der Waals surface area contributed by atoms with E-state index in [2.05, 4.69) is 4.98 Å². The van der Waals surface area contributed by atoms with Crippen molar-refractivity contribution in [2.24, 2.45) is 0 Å². The number of fused-ring (bicyclic) bond motifs is 1. The van der Waals surface area contributed by atoms with Gasteiger partial charge >= 0.3 is 6.18 Å². The van der Waals surface area contributed by atoms with Crippen LogP contribution in [-0.4, -0.2) is 19.7 Å². The van der Waals surface area contributed by atoms with Gasteiger partial charge in [-0.05, 0) is 59.5 Å². The molecule has 0 radical (unpaired) electrons. The quantitative estimate of drug-likeness (QED) is 0.331. The van der Waals surface area contributed by atoms with Gasteiger partial charge in [-0.15, -0.1) is 0 Å². The number of pyridine rings is 1. The molecule has 0 amide bonds. The highest BCUT2D eigenvalue weighted by Gasteiger charge is 2.33. The smallest absolute Gasteiger partial charge is 0.418 e. The number of ether oxygens (including phenoxy) is 1. The minimum absolute atomic E-state index is 0.103. The van der Waals surface area contributed by atoms with Crippen molar-refractivity contribution in [2.45, 2.75) is 18.9 Å². The first-order valence-electron chi connectivity index (χ1n) is 10.0. The third-order valence-corrected chi connectivity index (χ3v) is 5.94. The first-order chi connectivity index (χ1) is 15.5. The predicted octanol–water partition coefficient (Wildman–Crippen LogP) is 6.57. The molecule has 0 spiro atoms. The van der Waals surface area contributed by atoms with E-state index in [0.717, 1.165) is 17.9 Å². The number of nitrogens with zero attached hydrogens (tertiary/aromatic N) is 1. The van der Waals surface area contributed by atoms with Gasteiger partial charge in [-0.2, -0.15) is 13.2 Å². The molecular formula is C25H20F3NO3S. The molecule has 0 unspecified atom stereocenters. The van der Waals surface area contributed by atoms with Gasteiger partial charge in [0, 0.05) is 17.8 Å². The van der Waals surface area contributed by atoms with E-state index < -0.39 is 21.6 Å². The molecule has 1 heterocycles. The number of hydrogen-bond donors (Lipinski definition) is 0. The summed E-state index contributed by atoms with van der Waals surface area (Å²) in [6.07, 6.45) is -1.91. The number of alkyl halides is 3. The maximum absolute atomic E-state index is 13.5. The van der Waals surface area contributed by atoms with E-state index in [1.807, 2.05) is 0 Å². The van der Waals surface area contributed by atoms with E-state index in [4.69, 9.17) is 4.74 Å². The Morgan fingerprint density at radius 1 is 0.939 bits per heavy atom. The predicted molar refractivity (Wildman–Crippen MR) is 122 cm³/mol. The molecule has 8 heteroatoms. The minimum atomic E-state index is -4.51. The standard InChI is InChI=1S/C25H20F3NO3S/c1-16-14-29-24-21(10-5-11-22(24)25(26,27)28)23(16)18-7-4-9-20(13-18)32-19-8-3-6-17(12-19)15-33(2,30)31/h3-14H,15H2,1-2H3. The lowest BCUT2D eigenvalue weighted by Gasteiger charge is -2.15. The van der Waals surface area contributed by atoms with Crippen LogP contribution in [0.4, 0.5) is 13.2 Å². The number of aryl methyl sites for hydroxylation is 1. The van der Waals surface area contributed by atoms with Crippen molar-refractivity contribution in [2.75, 3.05) is 6.26 Å². The summed E-state index contributed by atoms with van der Waals surface area (Å²) in [7, 11) is -3.19. The van der Waals surface area contributed by atoms with Crippen LogP contribution in [0.5, 0.6) is 11.5 Å². The molecule has 0 bridgehead atoms. The van der Waals surface area contributed by atoms with Crippen molar-refractivity contribution in [1.82, 2.24) is 4.98 Å². The average Bonchev–Trinajstić information content (AvgIpc) is 2.71. The summed E-state index contributed by atoms with van der Waals surface area (Å²) < 4.78 is 69.6. The second-order valence-electron chi connectivity index (χ2n) is 7.86. The summed E-state index contributed by atoms with van der Waals surface area (Å²) >= 11 is 0. The van der Waals surface area contributed by atoms with Gasteiger partial charge in [-0.3, -0.25) is 4.98 Å². The van der Waals surface area contributed by atoms with Gasteiger partial charge < -0.3 is 4.74 Å². The molecule has 33 heavy (non-hydrogen) atoms. The first-order valence-corrected chi connectivity index (χ1v) is 12.1. The van der Waals surface area contributed by atoms with Gasteiger partial charge in [0.15, 0.2) is 9.84 Å². The van der Waals surface area contributed by atoms with Gasteiger partial charge in [0.05, 0.1) is 16.8 Å². The summed E-state index contributed by atoms with van der Waals surface area (Å²) in [4.78, 5) is 4.06. The highest BCUT2D eigenvalue weighted by molar-refractivity contribution is 7.89. The van der Waals surface area contributed by atoms with Gasteiger partial charge in [0.25, 0.3) is 0 Å². The number of para-hydroxylation sites is 1. The van der Waals surface area contributed by atoms with Gasteiger partial charge in [0.1, 0.15) is 11.5 Å². The van der Waals surface area contributed by atoms with E-state index in [0.29, 0.717) is 33.6 Å². The molecular weight excluding hydrogens is 451 g/mol. The van der Waals surface area contributed by atoms with Crippen molar-refractivity contribution in [1.29, 1.82) is 0 Å². The zero-order chi connectivity index (χ0) is 23.8. The lowest BCUT2D eigenvalue weighted by molar-refractivity contribution is -0.136. The molecule has 4 aromatic rings. The van der Waals surface area contributed by atoms with Crippen molar-refractivity contribution in [3.63, 3.8) is 0 Å². The Balaban J connectivity index is 1.75. The summed E-state index contributed by atoms with van der Waals surface area (Å²) in [5.41, 5.74) is 1.77. The van der Waals surface area contributed by atoms with Crippen LogP contribution in [-0.2, 0) is 21.8 Å². The molecule has 4 nitrogen and oxygen atoms in total. The Morgan fingerprint density at radius 3 is 2.30 bits per heavy atom. The zero-order valence-corrected chi connectivity index (χ0v) is 18.7. The van der Waals surface area contributed by atoms with Crippen molar-refractivity contribution >= 4 is 20.7 Å². The Morgan fingerprint density at radius 2 is 1.61 bits per heavy atom. The number of halogens is 3. The van der Waals surface area contributed by atoms with Crippen LogP contribution >= 0.6 is 0 Å². The molecule has 0 saturated carbocycles. The van der Waals surface area contributed by atoms with Gasteiger partial charge in [0.2, 0.25) is 0 Å². The minimum Gasteiger partial charge on any atom is -0.457 e. The third kappa shape index (κ3) is 5.17. The lowest BCUT2D eigenvalue weighted by Crippen LogP contribution is -2.07. The summed E-state index contributed by atoms with van der Waals surface area (Å²) in [5.74, 6) is 0.831. The van der Waals surface area contributed by atoms with Crippen LogP contribution < -0.4 is 4.74 Å². The van der Waals surface area contributed by atoms with Crippen LogP contribution in [0.2, 0.25) is 0 Å². The molecule has 0 saturated heterocycles. The Labute approximate surface area is 189 Å². The van der Waals surface area contributed by atoms with Crippen LogP contribution in [0.25, 0.3) is 22.0 Å². The number of rotatable bonds is 5. The summed E-state index contributed by atoms with van der Waals surface area (Å²) in [5, 5.41) is 0.400. The second-order valence-corrected chi connectivity index (χ2v) is 10.0. The van der Waals surface area contributed by atoms with Crippen LogP contribution in [0.15, 0.2) is 72.9 Å². The van der Waals surface area contributed by atoms with Gasteiger partial charge in [-0.25, -0.2) is 8.42 Å². The Bertz CT molecular complexity index is 1450. The van der Waals surface area contributed by atoms with E-state index in [1.54, 1.807) is 61.5 Å². The van der Waals surface area contributed by atoms with Crippen molar-refractivity contribution in [3.05, 3.63) is 89.6 Å². The molecule has 170 valence electrons. The van der Waals surface area contributed by atoms with E-state index in [9.17, 15) is 21.6 Å². The Kier molecular flexibility index (Phi) is 5.88. The third-order valence-electron chi connectivity index (χ3n) is 5.08. The fraction of sp³-hybridized carbons (Fsp3) is 0.160. The topological polar surface area (TPSA) is 56.3 Å². The summed E-state index contributed by atoms with van der Waals surface area (Å²) in [6, 6.07) is 17.8. The molecule has 0 aliphatic heterocycles. The number of aromatic nitrogens is 1. The molecule has 3 aromatic carbocycles. The van der Waals surface area contributed by atoms with Crippen LogP contribution in [0, 0.1) is 6.92 Å². The lowest BCUT2D eigenvalue weighted by atomic mass is 9.95. The molecule has 0 aliphatic rings. The van der Waals surface area contributed by atoms with E-state index in [-0.39, 0.29) is 11.3 Å². The molecule has 4 rings (SSSR count). The van der Waals surface area contributed by atoms with Crippen LogP contribution in [0.3, 0.4) is 0 Å². The zero-order valence-electron chi connectivity index (χ0n) is 17.8. The first kappa shape index (κ1) is 22.8. The molecule has 1 aromatic heterocycles. The van der Waals surface area contributed by atoms with Crippen LogP contribution in [0.1, 0.15) is 16.7 Å². The SMILES string of the molecule is Cc1cnc2c(C(F)(F)F)cccc2c1-c1cccc(Oc2cccc(CS(C)(=O)=O)c2)c1. The fourth-order valence-electron chi connectivity index (χ4n) is 3.79. The van der Waals surface area contributed by atoms with E-state index >= 15 is 0 Å². The van der Waals surface area contributed by atoms with Crippen molar-refractivity contribution < 1.29 is 26.3 Å². The molecule has 0 atom stereocenters. The normalized spacial score (nSPS) is 12.2. The number of hydrogen-bond acceptors (Lipinski definition) is 4. The Hall–Kier alpha value is -3.39. The maximum atomic E-state index is 13.5. The number of sulfone groups is 1. The monoisotopic (exact) mass is 471 g/mol. The highest BCUT2D eigenvalue weighted by atomic mass is 32.2. The largest absolute Gasteiger partial charge is 0.457 e. The van der Waals surface area contributed by atoms with E-state index in [1.165, 1.54) is 12.3 Å². The van der Waals surface area contributed by atoms with Crippen molar-refractivity contribution in [3.8, 4) is 22.6 Å². The number of benzene rings is 3. The molecule has 0 aliphatic carbocycles. The maximum Gasteiger partial charge on any atom is 0.418 e. The highest BCUT2D eigenvalue weighted by Crippen LogP contribution is 2.39. The molecule has 0 N–H and O–H groups in total. The molecule has 0 fully saturated rings. The fourth-order valence-corrected chi connectivity index (χ4v) is 4.57.